The molecule has 5 heteroatoms. The van der Waals surface area contributed by atoms with Gasteiger partial charge in [-0.15, -0.1) is 10.2 Å². The fourth-order valence-corrected chi connectivity index (χ4v) is 1.68. The predicted octanol–water partition coefficient (Wildman–Crippen LogP) is 2.76. The summed E-state index contributed by atoms with van der Waals surface area (Å²) in [5, 5.41) is 8.36. The number of aryl methyl sites for hydroxylation is 1. The minimum atomic E-state index is 0.448. The van der Waals surface area contributed by atoms with Gasteiger partial charge in [-0.3, -0.25) is 0 Å². The minimum Gasteiger partial charge on any atom is -0.469 e. The Morgan fingerprint density at radius 1 is 1.50 bits per heavy atom. The largest absolute Gasteiger partial charge is 0.469 e. The minimum absolute atomic E-state index is 0.448. The molecule has 0 atom stereocenters. The number of aromatic nitrogens is 2. The van der Waals surface area contributed by atoms with Gasteiger partial charge in [-0.05, 0) is 24.6 Å². The molecule has 0 aliphatic carbocycles. The average Bonchev–Trinajstić information content (AvgIpc) is 2.58. The number of hydrogen-bond donors (Lipinski definition) is 0. The van der Waals surface area contributed by atoms with Crippen LogP contribution in [-0.4, -0.2) is 10.2 Å². The lowest BCUT2D eigenvalue weighted by molar-refractivity contribution is 0.535. The summed E-state index contributed by atoms with van der Waals surface area (Å²) in [6.45, 7) is 1.88. The van der Waals surface area contributed by atoms with E-state index in [4.69, 9.17) is 16.0 Å². The van der Waals surface area contributed by atoms with Crippen LogP contribution >= 0.6 is 22.9 Å². The van der Waals surface area contributed by atoms with Gasteiger partial charge in [0.2, 0.25) is 4.47 Å². The van der Waals surface area contributed by atoms with E-state index in [9.17, 15) is 0 Å². The topological polar surface area (TPSA) is 38.9 Å². The van der Waals surface area contributed by atoms with E-state index < -0.39 is 0 Å². The Bertz CT molecular complexity index is 357. The van der Waals surface area contributed by atoms with Gasteiger partial charge in [-0.25, -0.2) is 0 Å². The molecule has 0 amide bonds. The number of hydrogen-bond acceptors (Lipinski definition) is 4. The molecule has 2 aromatic rings. The van der Waals surface area contributed by atoms with Crippen LogP contribution in [0.5, 0.6) is 0 Å². The highest BCUT2D eigenvalue weighted by Gasteiger charge is 2.06. The molecule has 12 heavy (non-hydrogen) atoms. The van der Waals surface area contributed by atoms with Crippen LogP contribution in [0.4, 0.5) is 0 Å². The summed E-state index contributed by atoms with van der Waals surface area (Å²) in [5.74, 6) is 0.858. The maximum absolute atomic E-state index is 5.63. The zero-order valence-corrected chi connectivity index (χ0v) is 7.82. The molecule has 0 spiro atoms. The molecule has 0 aliphatic rings. The maximum Gasteiger partial charge on any atom is 0.207 e. The summed E-state index contributed by atoms with van der Waals surface area (Å²) in [6, 6.07) is 1.90. The SMILES string of the molecule is Cc1cc(-c2nnc(Cl)s2)co1. The molecule has 0 saturated carbocycles. The Hall–Kier alpha value is -0.870. The number of halogens is 1. The Balaban J connectivity index is 2.43. The van der Waals surface area contributed by atoms with Crippen molar-refractivity contribution in [2.24, 2.45) is 0 Å². The molecule has 2 rings (SSSR count). The van der Waals surface area contributed by atoms with Crippen LogP contribution in [0.2, 0.25) is 4.47 Å². The monoisotopic (exact) mass is 200 g/mol. The van der Waals surface area contributed by atoms with Crippen LogP contribution in [-0.2, 0) is 0 Å². The lowest BCUT2D eigenvalue weighted by atomic mass is 10.3. The maximum atomic E-state index is 5.63. The van der Waals surface area contributed by atoms with Gasteiger partial charge in [-0.2, -0.15) is 0 Å². The molecule has 62 valence electrons. The second-order valence-corrected chi connectivity index (χ2v) is 3.87. The number of furan rings is 1. The molecule has 0 bridgehead atoms. The highest BCUT2D eigenvalue weighted by Crippen LogP contribution is 2.27. The van der Waals surface area contributed by atoms with Crippen LogP contribution in [0.3, 0.4) is 0 Å². The van der Waals surface area contributed by atoms with Crippen molar-refractivity contribution in [2.75, 3.05) is 0 Å². The van der Waals surface area contributed by atoms with Crippen molar-refractivity contribution < 1.29 is 4.42 Å². The lowest BCUT2D eigenvalue weighted by Crippen LogP contribution is -1.70. The molecule has 2 heterocycles. The molecule has 3 nitrogen and oxygen atoms in total. The summed E-state index contributed by atoms with van der Waals surface area (Å²) < 4.78 is 5.57. The third-order valence-electron chi connectivity index (χ3n) is 1.38. The summed E-state index contributed by atoms with van der Waals surface area (Å²) in [7, 11) is 0. The first-order chi connectivity index (χ1) is 5.75. The zero-order chi connectivity index (χ0) is 8.55. The van der Waals surface area contributed by atoms with Gasteiger partial charge in [0.15, 0.2) is 5.01 Å². The Morgan fingerprint density at radius 2 is 2.33 bits per heavy atom. The molecule has 0 N–H and O–H groups in total. The standard InChI is InChI=1S/C7H5ClN2OS/c1-4-2-5(3-11-4)6-9-10-7(8)12-6/h2-3H,1H3. The van der Waals surface area contributed by atoms with Crippen LogP contribution in [0.1, 0.15) is 5.76 Å². The van der Waals surface area contributed by atoms with Gasteiger partial charge in [0.05, 0.1) is 5.56 Å². The van der Waals surface area contributed by atoms with Gasteiger partial charge in [0, 0.05) is 0 Å². The lowest BCUT2D eigenvalue weighted by Gasteiger charge is -1.80. The van der Waals surface area contributed by atoms with E-state index in [2.05, 4.69) is 10.2 Å². The quantitative estimate of drug-likeness (QED) is 0.711. The summed E-state index contributed by atoms with van der Waals surface area (Å²) in [5.41, 5.74) is 0.928. The van der Waals surface area contributed by atoms with Crippen molar-refractivity contribution in [1.29, 1.82) is 0 Å². The fraction of sp³-hybridized carbons (Fsp3) is 0.143. The van der Waals surface area contributed by atoms with E-state index >= 15 is 0 Å². The highest BCUT2D eigenvalue weighted by molar-refractivity contribution is 7.18. The van der Waals surface area contributed by atoms with E-state index in [1.807, 2.05) is 13.0 Å². The molecule has 0 radical (unpaired) electrons. The summed E-state index contributed by atoms with van der Waals surface area (Å²) in [4.78, 5) is 0. The van der Waals surface area contributed by atoms with Crippen molar-refractivity contribution in [3.63, 3.8) is 0 Å². The second kappa shape index (κ2) is 2.88. The average molecular weight is 201 g/mol. The van der Waals surface area contributed by atoms with Crippen LogP contribution < -0.4 is 0 Å². The van der Waals surface area contributed by atoms with E-state index in [1.165, 1.54) is 11.3 Å². The fourth-order valence-electron chi connectivity index (χ4n) is 0.878. The summed E-state index contributed by atoms with van der Waals surface area (Å²) >= 11 is 6.97. The van der Waals surface area contributed by atoms with E-state index in [0.29, 0.717) is 4.47 Å². The van der Waals surface area contributed by atoms with Crippen molar-refractivity contribution in [2.45, 2.75) is 6.92 Å². The Kier molecular flexibility index (Phi) is 1.86. The summed E-state index contributed by atoms with van der Waals surface area (Å²) in [6.07, 6.45) is 1.65. The van der Waals surface area contributed by atoms with Crippen molar-refractivity contribution in [1.82, 2.24) is 10.2 Å². The van der Waals surface area contributed by atoms with E-state index in [-0.39, 0.29) is 0 Å². The van der Waals surface area contributed by atoms with Gasteiger partial charge >= 0.3 is 0 Å². The molecule has 0 fully saturated rings. The van der Waals surface area contributed by atoms with Crippen LogP contribution in [0, 0.1) is 6.92 Å². The first kappa shape index (κ1) is 7.76. The second-order valence-electron chi connectivity index (χ2n) is 2.31. The third-order valence-corrected chi connectivity index (χ3v) is 2.45. The first-order valence-corrected chi connectivity index (χ1v) is 4.49. The molecule has 2 aromatic heterocycles. The molecule has 0 unspecified atom stereocenters. The van der Waals surface area contributed by atoms with Crippen molar-refractivity contribution in [3.05, 3.63) is 22.6 Å². The molecular formula is C7H5ClN2OS. The predicted molar refractivity (Wildman–Crippen MR) is 47.4 cm³/mol. The molecule has 0 aliphatic heterocycles. The van der Waals surface area contributed by atoms with Crippen molar-refractivity contribution in [3.8, 4) is 10.6 Å². The third kappa shape index (κ3) is 1.35. The normalized spacial score (nSPS) is 10.5. The highest BCUT2D eigenvalue weighted by atomic mass is 35.5. The van der Waals surface area contributed by atoms with Gasteiger partial charge < -0.3 is 4.42 Å². The number of nitrogens with zero attached hydrogens (tertiary/aromatic N) is 2. The van der Waals surface area contributed by atoms with E-state index in [0.717, 1.165) is 16.3 Å². The van der Waals surface area contributed by atoms with Crippen molar-refractivity contribution >= 4 is 22.9 Å². The molecule has 0 saturated heterocycles. The smallest absolute Gasteiger partial charge is 0.207 e. The number of rotatable bonds is 1. The Labute approximate surface area is 78.0 Å². The zero-order valence-electron chi connectivity index (χ0n) is 6.24. The van der Waals surface area contributed by atoms with Crippen LogP contribution in [0.15, 0.2) is 16.7 Å². The molecular weight excluding hydrogens is 196 g/mol. The molecule has 0 aromatic carbocycles. The van der Waals surface area contributed by atoms with Gasteiger partial charge in [0.1, 0.15) is 12.0 Å². The first-order valence-electron chi connectivity index (χ1n) is 3.30. The van der Waals surface area contributed by atoms with Crippen LogP contribution in [0.25, 0.3) is 10.6 Å². The van der Waals surface area contributed by atoms with Gasteiger partial charge in [0.25, 0.3) is 0 Å². The van der Waals surface area contributed by atoms with Gasteiger partial charge in [-0.1, -0.05) is 11.3 Å². The van der Waals surface area contributed by atoms with E-state index in [1.54, 1.807) is 6.26 Å². The Morgan fingerprint density at radius 3 is 2.83 bits per heavy atom.